The van der Waals surface area contributed by atoms with Crippen molar-refractivity contribution in [3.63, 3.8) is 0 Å². The third-order valence-electron chi connectivity index (χ3n) is 5.42. The minimum atomic E-state index is -0.673. The molecule has 0 aromatic heterocycles. The van der Waals surface area contributed by atoms with Crippen LogP contribution in [0.4, 0.5) is 4.79 Å². The van der Waals surface area contributed by atoms with E-state index < -0.39 is 11.3 Å². The maximum Gasteiger partial charge on any atom is 0.412 e. The Morgan fingerprint density at radius 3 is 1.93 bits per heavy atom. The predicted molar refractivity (Wildman–Crippen MR) is 119 cm³/mol. The zero-order chi connectivity index (χ0) is 21.8. The van der Waals surface area contributed by atoms with Crippen LogP contribution in [0, 0.1) is 0 Å². The maximum atomic E-state index is 13.0. The average molecular weight is 411 g/mol. The fraction of sp³-hybridized carbons (Fsp3) is 0.480. The third-order valence-corrected chi connectivity index (χ3v) is 5.42. The molecule has 5 nitrogen and oxygen atoms in total. The molecule has 1 fully saturated rings. The van der Waals surface area contributed by atoms with Crippen molar-refractivity contribution in [2.75, 3.05) is 13.2 Å². The Bertz CT molecular complexity index is 763. The molecule has 1 aliphatic heterocycles. The van der Waals surface area contributed by atoms with E-state index in [1.807, 2.05) is 46.8 Å². The highest BCUT2D eigenvalue weighted by atomic mass is 16.6. The summed E-state index contributed by atoms with van der Waals surface area (Å²) >= 11 is 0. The van der Waals surface area contributed by atoms with Crippen molar-refractivity contribution < 1.29 is 14.3 Å². The van der Waals surface area contributed by atoms with E-state index in [0.717, 1.165) is 13.1 Å². The van der Waals surface area contributed by atoms with E-state index in [9.17, 15) is 4.79 Å². The molecular formula is C25H34N2O3. The van der Waals surface area contributed by atoms with Gasteiger partial charge in [0.25, 0.3) is 0 Å². The number of hydrogen-bond acceptors (Lipinski definition) is 4. The normalized spacial score (nSPS) is 18.4. The molecule has 0 spiro atoms. The van der Waals surface area contributed by atoms with Crippen molar-refractivity contribution in [3.05, 3.63) is 71.8 Å². The lowest BCUT2D eigenvalue weighted by atomic mass is 10.0. The fourth-order valence-electron chi connectivity index (χ4n) is 4.17. The molecule has 0 saturated carbocycles. The van der Waals surface area contributed by atoms with E-state index in [1.165, 1.54) is 11.1 Å². The molecule has 1 atom stereocenters. The fourth-order valence-corrected chi connectivity index (χ4v) is 4.17. The molecule has 1 amide bonds. The molecule has 0 bridgehead atoms. The van der Waals surface area contributed by atoms with Crippen molar-refractivity contribution in [2.24, 2.45) is 0 Å². The molecule has 1 unspecified atom stereocenters. The van der Waals surface area contributed by atoms with Gasteiger partial charge in [0, 0.05) is 19.6 Å². The lowest BCUT2D eigenvalue weighted by molar-refractivity contribution is -0.0592. The number of carbonyl (C=O) groups excluding carboxylic acids is 1. The number of ether oxygens (including phenoxy) is 2. The largest absolute Gasteiger partial charge is 0.445 e. The second-order valence-corrected chi connectivity index (χ2v) is 9.22. The summed E-state index contributed by atoms with van der Waals surface area (Å²) in [5, 5.41) is 0. The van der Waals surface area contributed by atoms with Gasteiger partial charge in [0.2, 0.25) is 0 Å². The van der Waals surface area contributed by atoms with Crippen LogP contribution in [-0.2, 0) is 22.6 Å². The Hall–Kier alpha value is -2.37. The van der Waals surface area contributed by atoms with Crippen LogP contribution in [0.1, 0.15) is 45.7 Å². The molecule has 0 N–H and O–H groups in total. The van der Waals surface area contributed by atoms with Crippen LogP contribution in [0.25, 0.3) is 0 Å². The standard InChI is InChI=1S/C25H34N2O3/c1-20(30-23(28)27-24(2,3)19-29-25(27,4)5)16-26(17-21-12-8-6-9-13-21)18-22-14-10-7-11-15-22/h6-15,20H,16-19H2,1-5H3. The Morgan fingerprint density at radius 2 is 1.50 bits per heavy atom. The zero-order valence-electron chi connectivity index (χ0n) is 18.8. The number of benzene rings is 2. The van der Waals surface area contributed by atoms with Gasteiger partial charge < -0.3 is 9.47 Å². The Morgan fingerprint density at radius 1 is 1.00 bits per heavy atom. The molecule has 0 radical (unpaired) electrons. The summed E-state index contributed by atoms with van der Waals surface area (Å²) in [6, 6.07) is 20.8. The van der Waals surface area contributed by atoms with Gasteiger partial charge in [-0.2, -0.15) is 0 Å². The summed E-state index contributed by atoms with van der Waals surface area (Å²) in [5.74, 6) is 0. The van der Waals surface area contributed by atoms with E-state index in [1.54, 1.807) is 4.90 Å². The van der Waals surface area contributed by atoms with Crippen LogP contribution in [0.3, 0.4) is 0 Å². The lowest BCUT2D eigenvalue weighted by Gasteiger charge is -2.37. The number of hydrogen-bond donors (Lipinski definition) is 0. The quantitative estimate of drug-likeness (QED) is 0.640. The van der Waals surface area contributed by atoms with Crippen LogP contribution < -0.4 is 0 Å². The molecule has 1 saturated heterocycles. The summed E-state index contributed by atoms with van der Waals surface area (Å²) in [7, 11) is 0. The third kappa shape index (κ3) is 5.61. The van der Waals surface area contributed by atoms with Gasteiger partial charge in [-0.15, -0.1) is 0 Å². The van der Waals surface area contributed by atoms with Crippen molar-refractivity contribution in [1.82, 2.24) is 9.80 Å². The van der Waals surface area contributed by atoms with Gasteiger partial charge in [-0.05, 0) is 45.7 Å². The molecule has 2 aromatic carbocycles. The van der Waals surface area contributed by atoms with Crippen LogP contribution in [0.2, 0.25) is 0 Å². The van der Waals surface area contributed by atoms with Gasteiger partial charge in [-0.3, -0.25) is 9.80 Å². The monoisotopic (exact) mass is 410 g/mol. The number of rotatable bonds is 7. The molecule has 3 rings (SSSR count). The Balaban J connectivity index is 1.67. The van der Waals surface area contributed by atoms with E-state index in [0.29, 0.717) is 13.2 Å². The molecule has 1 aliphatic rings. The Kier molecular flexibility index (Phi) is 6.84. The lowest BCUT2D eigenvalue weighted by Crippen LogP contribution is -2.53. The van der Waals surface area contributed by atoms with Gasteiger partial charge in [-0.25, -0.2) is 4.79 Å². The first kappa shape index (κ1) is 22.3. The summed E-state index contributed by atoms with van der Waals surface area (Å²) in [5.41, 5.74) is 1.41. The zero-order valence-corrected chi connectivity index (χ0v) is 18.8. The minimum absolute atomic E-state index is 0.253. The van der Waals surface area contributed by atoms with E-state index >= 15 is 0 Å². The summed E-state index contributed by atoms with van der Waals surface area (Å²) in [6.45, 7) is 12.5. The second-order valence-electron chi connectivity index (χ2n) is 9.22. The number of nitrogens with zero attached hydrogens (tertiary/aromatic N) is 2. The van der Waals surface area contributed by atoms with Gasteiger partial charge in [0.05, 0.1) is 12.1 Å². The first-order chi connectivity index (χ1) is 14.2. The van der Waals surface area contributed by atoms with Gasteiger partial charge in [0.1, 0.15) is 11.8 Å². The van der Waals surface area contributed by atoms with Crippen LogP contribution in [0.5, 0.6) is 0 Å². The van der Waals surface area contributed by atoms with Gasteiger partial charge >= 0.3 is 6.09 Å². The van der Waals surface area contributed by atoms with E-state index in [2.05, 4.69) is 53.4 Å². The first-order valence-corrected chi connectivity index (χ1v) is 10.6. The van der Waals surface area contributed by atoms with Crippen molar-refractivity contribution in [2.45, 2.75) is 65.1 Å². The molecule has 162 valence electrons. The highest BCUT2D eigenvalue weighted by molar-refractivity contribution is 5.70. The minimum Gasteiger partial charge on any atom is -0.445 e. The van der Waals surface area contributed by atoms with E-state index in [-0.39, 0.29) is 12.2 Å². The van der Waals surface area contributed by atoms with Gasteiger partial charge in [-0.1, -0.05) is 60.7 Å². The molecule has 2 aromatic rings. The van der Waals surface area contributed by atoms with Gasteiger partial charge in [0.15, 0.2) is 0 Å². The molecule has 0 aliphatic carbocycles. The SMILES string of the molecule is CC(CN(Cc1ccccc1)Cc1ccccc1)OC(=O)N1C(C)(C)COC1(C)C. The molecule has 30 heavy (non-hydrogen) atoms. The summed E-state index contributed by atoms with van der Waals surface area (Å²) < 4.78 is 11.7. The molecule has 1 heterocycles. The number of carbonyl (C=O) groups is 1. The second kappa shape index (κ2) is 9.19. The van der Waals surface area contributed by atoms with Crippen LogP contribution >= 0.6 is 0 Å². The smallest absolute Gasteiger partial charge is 0.412 e. The van der Waals surface area contributed by atoms with Crippen LogP contribution in [0.15, 0.2) is 60.7 Å². The van der Waals surface area contributed by atoms with Crippen molar-refractivity contribution in [1.29, 1.82) is 0 Å². The first-order valence-electron chi connectivity index (χ1n) is 10.6. The topological polar surface area (TPSA) is 42.0 Å². The summed E-state index contributed by atoms with van der Waals surface area (Å²) in [6.07, 6.45) is -0.577. The summed E-state index contributed by atoms with van der Waals surface area (Å²) in [4.78, 5) is 17.0. The van der Waals surface area contributed by atoms with Crippen LogP contribution in [-0.4, -0.2) is 46.4 Å². The van der Waals surface area contributed by atoms with Crippen molar-refractivity contribution in [3.8, 4) is 0 Å². The molecular weight excluding hydrogens is 376 g/mol. The average Bonchev–Trinajstić information content (AvgIpc) is 2.90. The van der Waals surface area contributed by atoms with Crippen molar-refractivity contribution >= 4 is 6.09 Å². The molecule has 5 heteroatoms. The highest BCUT2D eigenvalue weighted by Gasteiger charge is 2.49. The van der Waals surface area contributed by atoms with E-state index in [4.69, 9.17) is 9.47 Å². The predicted octanol–water partition coefficient (Wildman–Crippen LogP) is 5.06. The Labute approximate surface area is 180 Å². The highest BCUT2D eigenvalue weighted by Crippen LogP contribution is 2.35. The number of amides is 1. The maximum absolute atomic E-state index is 13.0.